The van der Waals surface area contributed by atoms with E-state index in [9.17, 15) is 9.90 Å². The van der Waals surface area contributed by atoms with Gasteiger partial charge in [0.2, 0.25) is 5.88 Å². The number of H-pyrrole nitrogens is 1. The van der Waals surface area contributed by atoms with Gasteiger partial charge in [-0.1, -0.05) is 13.8 Å². The number of rotatable bonds is 10. The second kappa shape index (κ2) is 9.76. The lowest BCUT2D eigenvalue weighted by atomic mass is 9.83. The molecule has 0 bridgehead atoms. The van der Waals surface area contributed by atoms with Gasteiger partial charge in [-0.05, 0) is 51.3 Å². The number of carboxylic acids is 1. The fraction of sp³-hybridized carbons (Fsp3) is 0.435. The molecule has 0 aliphatic rings. The molecule has 0 aliphatic carbocycles. The van der Waals surface area contributed by atoms with Gasteiger partial charge in [0.25, 0.3) is 0 Å². The fourth-order valence-electron chi connectivity index (χ4n) is 3.24. The number of carbonyl (C=O) groups is 1. The monoisotopic (exact) mass is 439 g/mol. The summed E-state index contributed by atoms with van der Waals surface area (Å²) in [5.74, 6) is 0.122. The van der Waals surface area contributed by atoms with Crippen LogP contribution in [0.2, 0.25) is 0 Å². The number of nitrogens with one attached hydrogen (secondary N) is 1. The summed E-state index contributed by atoms with van der Waals surface area (Å²) >= 11 is 0. The van der Waals surface area contributed by atoms with E-state index >= 15 is 0 Å². The minimum absolute atomic E-state index is 0.00827. The zero-order valence-electron chi connectivity index (χ0n) is 19.0. The molecule has 0 saturated carbocycles. The van der Waals surface area contributed by atoms with Crippen molar-refractivity contribution >= 4 is 5.97 Å². The van der Waals surface area contributed by atoms with Crippen molar-refractivity contribution in [2.24, 2.45) is 5.41 Å². The third kappa shape index (κ3) is 5.04. The number of aromatic amines is 1. The van der Waals surface area contributed by atoms with E-state index < -0.39 is 11.4 Å². The molecule has 0 saturated heterocycles. The van der Waals surface area contributed by atoms with E-state index in [1.165, 1.54) is 0 Å². The molecule has 3 rings (SSSR count). The van der Waals surface area contributed by atoms with E-state index in [0.29, 0.717) is 30.6 Å². The molecule has 9 nitrogen and oxygen atoms in total. The van der Waals surface area contributed by atoms with E-state index in [2.05, 4.69) is 25.1 Å². The Bertz CT molecular complexity index is 1060. The van der Waals surface area contributed by atoms with Crippen LogP contribution in [0.4, 0.5) is 0 Å². The first-order valence-corrected chi connectivity index (χ1v) is 10.7. The molecule has 9 heteroatoms. The third-order valence-electron chi connectivity index (χ3n) is 5.51. The van der Waals surface area contributed by atoms with Crippen molar-refractivity contribution in [3.63, 3.8) is 0 Å². The van der Waals surface area contributed by atoms with Gasteiger partial charge in [-0.15, -0.1) is 5.10 Å². The summed E-state index contributed by atoms with van der Waals surface area (Å²) < 4.78 is 11.2. The topological polar surface area (TPSA) is 123 Å². The molecule has 0 fully saturated rings. The first kappa shape index (κ1) is 23.2. The standard InChI is InChI=1S/C23H29N5O4/c1-6-23(7-2,21(29)30)13-31-19-10-15(5)17(12-25-19)18-9-8-16(11-24-18)20-26-22(28-27-20)32-14(3)4/h8-12,14H,6-7,13H2,1-5H3,(H,29,30)(H,26,27,28). The lowest BCUT2D eigenvalue weighted by Gasteiger charge is -2.26. The van der Waals surface area contributed by atoms with Crippen molar-refractivity contribution in [3.05, 3.63) is 36.2 Å². The summed E-state index contributed by atoms with van der Waals surface area (Å²) in [6, 6.07) is 5.88. The summed E-state index contributed by atoms with van der Waals surface area (Å²) in [7, 11) is 0. The maximum Gasteiger partial charge on any atom is 0.336 e. The highest BCUT2D eigenvalue weighted by molar-refractivity contribution is 5.74. The van der Waals surface area contributed by atoms with E-state index in [0.717, 1.165) is 22.4 Å². The number of hydrogen-bond acceptors (Lipinski definition) is 7. The van der Waals surface area contributed by atoms with Gasteiger partial charge in [-0.2, -0.15) is 4.98 Å². The van der Waals surface area contributed by atoms with Crippen LogP contribution < -0.4 is 9.47 Å². The Morgan fingerprint density at radius 2 is 1.94 bits per heavy atom. The van der Waals surface area contributed by atoms with Crippen molar-refractivity contribution in [2.75, 3.05) is 6.61 Å². The van der Waals surface area contributed by atoms with Gasteiger partial charge >= 0.3 is 12.0 Å². The first-order valence-electron chi connectivity index (χ1n) is 10.7. The van der Waals surface area contributed by atoms with Gasteiger partial charge in [-0.3, -0.25) is 14.9 Å². The van der Waals surface area contributed by atoms with Gasteiger partial charge < -0.3 is 14.6 Å². The number of carboxylic acid groups (broad SMARTS) is 1. The maximum absolute atomic E-state index is 11.7. The van der Waals surface area contributed by atoms with Crippen LogP contribution in [-0.2, 0) is 4.79 Å². The Morgan fingerprint density at radius 3 is 2.50 bits per heavy atom. The van der Waals surface area contributed by atoms with Gasteiger partial charge in [-0.25, -0.2) is 4.98 Å². The largest absolute Gasteiger partial charge is 0.481 e. The van der Waals surface area contributed by atoms with Crippen molar-refractivity contribution in [3.8, 4) is 34.5 Å². The molecule has 0 aliphatic heterocycles. The van der Waals surface area contributed by atoms with E-state index in [4.69, 9.17) is 9.47 Å². The van der Waals surface area contributed by atoms with Gasteiger partial charge in [0.05, 0.1) is 11.8 Å². The van der Waals surface area contributed by atoms with Crippen LogP contribution in [-0.4, -0.2) is 48.9 Å². The van der Waals surface area contributed by atoms with Crippen LogP contribution in [0.1, 0.15) is 46.1 Å². The molecule has 0 atom stereocenters. The number of aliphatic carboxylic acids is 1. The Kier molecular flexibility index (Phi) is 7.07. The van der Waals surface area contributed by atoms with Crippen LogP contribution in [0.15, 0.2) is 30.6 Å². The van der Waals surface area contributed by atoms with Crippen molar-refractivity contribution in [2.45, 2.75) is 53.6 Å². The molecule has 2 N–H and O–H groups in total. The zero-order chi connectivity index (χ0) is 23.3. The van der Waals surface area contributed by atoms with Crippen molar-refractivity contribution in [1.29, 1.82) is 0 Å². The molecule has 3 aromatic heterocycles. The van der Waals surface area contributed by atoms with Gasteiger partial charge in [0.15, 0.2) is 5.82 Å². The van der Waals surface area contributed by atoms with Crippen LogP contribution in [0.25, 0.3) is 22.6 Å². The third-order valence-corrected chi connectivity index (χ3v) is 5.51. The van der Waals surface area contributed by atoms with Gasteiger partial charge in [0.1, 0.15) is 12.0 Å². The lowest BCUT2D eigenvalue weighted by molar-refractivity contribution is -0.151. The molecule has 32 heavy (non-hydrogen) atoms. The number of ether oxygens (including phenoxy) is 2. The molecule has 3 heterocycles. The summed E-state index contributed by atoms with van der Waals surface area (Å²) in [6.45, 7) is 9.55. The first-order chi connectivity index (χ1) is 15.3. The van der Waals surface area contributed by atoms with E-state index in [1.807, 2.05) is 46.8 Å². The molecule has 170 valence electrons. The molecule has 0 spiro atoms. The van der Waals surface area contributed by atoms with Crippen LogP contribution in [0, 0.1) is 12.3 Å². The number of aryl methyl sites for hydroxylation is 1. The van der Waals surface area contributed by atoms with E-state index in [-0.39, 0.29) is 12.7 Å². The molecule has 0 aromatic carbocycles. The summed E-state index contributed by atoms with van der Waals surface area (Å²) in [5, 5.41) is 16.5. The average Bonchev–Trinajstić information content (AvgIpc) is 3.22. The Morgan fingerprint density at radius 1 is 1.19 bits per heavy atom. The van der Waals surface area contributed by atoms with Crippen LogP contribution >= 0.6 is 0 Å². The second-order valence-corrected chi connectivity index (χ2v) is 7.98. The van der Waals surface area contributed by atoms with Crippen molar-refractivity contribution < 1.29 is 19.4 Å². The highest BCUT2D eigenvalue weighted by Gasteiger charge is 2.36. The molecular formula is C23H29N5O4. The number of hydrogen-bond donors (Lipinski definition) is 2. The molecule has 0 unspecified atom stereocenters. The predicted molar refractivity (Wildman–Crippen MR) is 119 cm³/mol. The minimum atomic E-state index is -0.910. The lowest BCUT2D eigenvalue weighted by Crippen LogP contribution is -2.36. The Hall–Kier alpha value is -3.49. The van der Waals surface area contributed by atoms with Crippen molar-refractivity contribution in [1.82, 2.24) is 25.1 Å². The maximum atomic E-state index is 11.7. The fourth-order valence-corrected chi connectivity index (χ4v) is 3.24. The molecule has 0 radical (unpaired) electrons. The quantitative estimate of drug-likeness (QED) is 0.479. The van der Waals surface area contributed by atoms with Gasteiger partial charge in [0, 0.05) is 29.6 Å². The molecule has 0 amide bonds. The Labute approximate surface area is 187 Å². The SMILES string of the molecule is CCC(CC)(COc1cc(C)c(-c2ccc(-c3nc(OC(C)C)n[nH]3)cn2)cn1)C(=O)O. The smallest absolute Gasteiger partial charge is 0.336 e. The summed E-state index contributed by atoms with van der Waals surface area (Å²) in [4.78, 5) is 24.9. The number of nitrogens with zero attached hydrogens (tertiary/aromatic N) is 4. The summed E-state index contributed by atoms with van der Waals surface area (Å²) in [5.41, 5.74) is 2.42. The minimum Gasteiger partial charge on any atom is -0.481 e. The zero-order valence-corrected chi connectivity index (χ0v) is 19.0. The number of pyridine rings is 2. The second-order valence-electron chi connectivity index (χ2n) is 7.98. The normalized spacial score (nSPS) is 11.6. The molecular weight excluding hydrogens is 410 g/mol. The van der Waals surface area contributed by atoms with Crippen LogP contribution in [0.5, 0.6) is 11.9 Å². The summed E-state index contributed by atoms with van der Waals surface area (Å²) in [6.07, 6.45) is 4.37. The highest BCUT2D eigenvalue weighted by Crippen LogP contribution is 2.29. The van der Waals surface area contributed by atoms with Crippen LogP contribution in [0.3, 0.4) is 0 Å². The highest BCUT2D eigenvalue weighted by atomic mass is 16.5. The Balaban J connectivity index is 1.73. The molecule has 3 aromatic rings. The average molecular weight is 440 g/mol. The number of aromatic nitrogens is 5. The van der Waals surface area contributed by atoms with E-state index in [1.54, 1.807) is 18.5 Å². The predicted octanol–water partition coefficient (Wildman–Crippen LogP) is 4.29.